The summed E-state index contributed by atoms with van der Waals surface area (Å²) in [6.45, 7) is 2.66. The number of amides is 3. The first-order valence-electron chi connectivity index (χ1n) is 9.58. The van der Waals surface area contributed by atoms with Crippen molar-refractivity contribution in [3.05, 3.63) is 36.0 Å². The van der Waals surface area contributed by atoms with Crippen molar-refractivity contribution < 1.29 is 9.59 Å². The molecule has 2 heterocycles. The lowest BCUT2D eigenvalue weighted by molar-refractivity contribution is -0.131. The summed E-state index contributed by atoms with van der Waals surface area (Å²) in [5, 5.41) is 6.83. The van der Waals surface area contributed by atoms with E-state index in [-0.39, 0.29) is 11.9 Å². The van der Waals surface area contributed by atoms with Crippen LogP contribution in [0.1, 0.15) is 37.7 Å². The average molecular weight is 356 g/mol. The second kappa shape index (κ2) is 9.27. The molecule has 0 aliphatic carbocycles. The molecule has 0 bridgehead atoms. The van der Waals surface area contributed by atoms with Crippen molar-refractivity contribution in [3.8, 4) is 0 Å². The Morgan fingerprint density at radius 3 is 2.54 bits per heavy atom. The Hall–Kier alpha value is -2.50. The molecule has 0 unspecified atom stereocenters. The molecule has 26 heavy (non-hydrogen) atoms. The van der Waals surface area contributed by atoms with E-state index in [1.54, 1.807) is 0 Å². The van der Waals surface area contributed by atoms with Crippen LogP contribution in [0.15, 0.2) is 30.5 Å². The topological polar surface area (TPSA) is 77.2 Å². The van der Waals surface area contributed by atoms with Crippen molar-refractivity contribution in [3.63, 3.8) is 0 Å². The number of para-hydroxylation sites is 1. The molecule has 0 radical (unpaired) electrons. The number of carbonyl (C=O) groups is 2. The van der Waals surface area contributed by atoms with Crippen molar-refractivity contribution in [2.75, 3.05) is 26.2 Å². The highest BCUT2D eigenvalue weighted by molar-refractivity contribution is 5.83. The van der Waals surface area contributed by atoms with E-state index in [2.05, 4.69) is 21.7 Å². The molecular weight excluding hydrogens is 328 g/mol. The summed E-state index contributed by atoms with van der Waals surface area (Å²) >= 11 is 0. The number of urea groups is 1. The highest BCUT2D eigenvalue weighted by Gasteiger charge is 2.15. The summed E-state index contributed by atoms with van der Waals surface area (Å²) in [6, 6.07) is 7.92. The number of aromatic nitrogens is 1. The van der Waals surface area contributed by atoms with Crippen molar-refractivity contribution in [1.29, 1.82) is 0 Å². The monoisotopic (exact) mass is 356 g/mol. The maximum atomic E-state index is 12.2. The molecule has 1 aliphatic rings. The number of aromatic amines is 1. The van der Waals surface area contributed by atoms with Gasteiger partial charge in [0.05, 0.1) is 0 Å². The van der Waals surface area contributed by atoms with Crippen LogP contribution in [-0.4, -0.2) is 48.0 Å². The van der Waals surface area contributed by atoms with Crippen LogP contribution in [0.5, 0.6) is 0 Å². The Morgan fingerprint density at radius 2 is 1.73 bits per heavy atom. The lowest BCUT2D eigenvalue weighted by atomic mass is 10.1. The minimum atomic E-state index is -0.214. The highest BCUT2D eigenvalue weighted by atomic mass is 16.2. The zero-order valence-electron chi connectivity index (χ0n) is 15.2. The number of fused-ring (bicyclic) bond motifs is 1. The van der Waals surface area contributed by atoms with Crippen LogP contribution in [-0.2, 0) is 11.2 Å². The molecule has 6 nitrogen and oxygen atoms in total. The molecule has 1 saturated heterocycles. The summed E-state index contributed by atoms with van der Waals surface area (Å²) in [7, 11) is 0. The standard InChI is InChI=1S/C20H28N4O2/c25-19(24-13-5-1-2-6-14-24)10-12-22-20(26)21-11-9-16-15-23-18-8-4-3-7-17(16)18/h3-4,7-8,15,23H,1-2,5-6,9-14H2,(H2,21,22,26). The van der Waals surface area contributed by atoms with Crippen LogP contribution >= 0.6 is 0 Å². The fraction of sp³-hybridized carbons (Fsp3) is 0.500. The molecule has 0 spiro atoms. The summed E-state index contributed by atoms with van der Waals surface area (Å²) in [5.41, 5.74) is 2.30. The van der Waals surface area contributed by atoms with E-state index in [1.807, 2.05) is 29.3 Å². The van der Waals surface area contributed by atoms with Crippen LogP contribution < -0.4 is 10.6 Å². The van der Waals surface area contributed by atoms with E-state index in [9.17, 15) is 9.59 Å². The van der Waals surface area contributed by atoms with Gasteiger partial charge in [0.15, 0.2) is 0 Å². The quantitative estimate of drug-likeness (QED) is 0.744. The molecule has 3 rings (SSSR count). The Kier molecular flexibility index (Phi) is 6.52. The first kappa shape index (κ1) is 18.3. The first-order valence-corrected chi connectivity index (χ1v) is 9.58. The van der Waals surface area contributed by atoms with Gasteiger partial charge < -0.3 is 20.5 Å². The highest BCUT2D eigenvalue weighted by Crippen LogP contribution is 2.17. The van der Waals surface area contributed by atoms with Gasteiger partial charge in [-0.25, -0.2) is 4.79 Å². The second-order valence-electron chi connectivity index (χ2n) is 6.84. The average Bonchev–Trinajstić information content (AvgIpc) is 2.87. The van der Waals surface area contributed by atoms with Crippen LogP contribution in [0.3, 0.4) is 0 Å². The van der Waals surface area contributed by atoms with Crippen molar-refractivity contribution in [1.82, 2.24) is 20.5 Å². The van der Waals surface area contributed by atoms with Gasteiger partial charge in [-0.15, -0.1) is 0 Å². The van der Waals surface area contributed by atoms with Crippen LogP contribution in [0.2, 0.25) is 0 Å². The summed E-state index contributed by atoms with van der Waals surface area (Å²) in [5.74, 6) is 0.144. The van der Waals surface area contributed by atoms with Gasteiger partial charge in [-0.1, -0.05) is 31.0 Å². The Balaban J connectivity index is 1.33. The fourth-order valence-corrected chi connectivity index (χ4v) is 3.47. The number of H-pyrrole nitrogens is 1. The number of benzene rings is 1. The number of rotatable bonds is 6. The molecule has 3 N–H and O–H groups in total. The van der Waals surface area contributed by atoms with Gasteiger partial charge in [0.25, 0.3) is 0 Å². The zero-order chi connectivity index (χ0) is 18.2. The molecule has 0 atom stereocenters. The third kappa shape index (κ3) is 5.00. The molecule has 0 saturated carbocycles. The molecular formula is C20H28N4O2. The summed E-state index contributed by atoms with van der Waals surface area (Å²) in [4.78, 5) is 29.2. The number of nitrogens with zero attached hydrogens (tertiary/aromatic N) is 1. The predicted octanol–water partition coefficient (Wildman–Crippen LogP) is 2.80. The molecule has 3 amide bonds. The lowest BCUT2D eigenvalue weighted by Gasteiger charge is -2.20. The normalized spacial score (nSPS) is 14.8. The summed E-state index contributed by atoms with van der Waals surface area (Å²) < 4.78 is 0. The SMILES string of the molecule is O=C(NCCC(=O)N1CCCCCC1)NCCc1c[nH]c2ccccc12. The van der Waals surface area contributed by atoms with E-state index in [0.29, 0.717) is 19.5 Å². The second-order valence-corrected chi connectivity index (χ2v) is 6.84. The smallest absolute Gasteiger partial charge is 0.314 e. The molecule has 6 heteroatoms. The van der Waals surface area contributed by atoms with E-state index in [1.165, 1.54) is 23.8 Å². The Bertz CT molecular complexity index is 732. The van der Waals surface area contributed by atoms with Crippen LogP contribution in [0.4, 0.5) is 4.79 Å². The van der Waals surface area contributed by atoms with Crippen molar-refractivity contribution in [2.45, 2.75) is 38.5 Å². The third-order valence-corrected chi connectivity index (χ3v) is 4.94. The third-order valence-electron chi connectivity index (χ3n) is 4.94. The number of hydrogen-bond acceptors (Lipinski definition) is 2. The zero-order valence-corrected chi connectivity index (χ0v) is 15.2. The lowest BCUT2D eigenvalue weighted by Crippen LogP contribution is -2.39. The van der Waals surface area contributed by atoms with Gasteiger partial charge >= 0.3 is 6.03 Å². The van der Waals surface area contributed by atoms with Gasteiger partial charge in [-0.2, -0.15) is 0 Å². The molecule has 1 aliphatic heterocycles. The maximum Gasteiger partial charge on any atom is 0.314 e. The molecule has 1 fully saturated rings. The number of carbonyl (C=O) groups excluding carboxylic acids is 2. The minimum Gasteiger partial charge on any atom is -0.361 e. The molecule has 1 aromatic heterocycles. The Morgan fingerprint density at radius 1 is 1.00 bits per heavy atom. The predicted molar refractivity (Wildman–Crippen MR) is 103 cm³/mol. The number of hydrogen-bond donors (Lipinski definition) is 3. The van der Waals surface area contributed by atoms with E-state index in [0.717, 1.165) is 37.9 Å². The maximum absolute atomic E-state index is 12.2. The van der Waals surface area contributed by atoms with E-state index >= 15 is 0 Å². The molecule has 2 aromatic rings. The van der Waals surface area contributed by atoms with Crippen molar-refractivity contribution in [2.24, 2.45) is 0 Å². The largest absolute Gasteiger partial charge is 0.361 e. The van der Waals surface area contributed by atoms with Gasteiger partial charge in [0, 0.05) is 49.7 Å². The van der Waals surface area contributed by atoms with Gasteiger partial charge in [-0.3, -0.25) is 4.79 Å². The number of nitrogens with one attached hydrogen (secondary N) is 3. The molecule has 140 valence electrons. The Labute approximate surface area is 154 Å². The van der Waals surface area contributed by atoms with Crippen LogP contribution in [0.25, 0.3) is 10.9 Å². The van der Waals surface area contributed by atoms with Gasteiger partial charge in [0.2, 0.25) is 5.91 Å². The van der Waals surface area contributed by atoms with Crippen LogP contribution in [0, 0.1) is 0 Å². The van der Waals surface area contributed by atoms with E-state index in [4.69, 9.17) is 0 Å². The van der Waals surface area contributed by atoms with Gasteiger partial charge in [-0.05, 0) is 30.9 Å². The fourth-order valence-electron chi connectivity index (χ4n) is 3.47. The first-order chi connectivity index (χ1) is 12.7. The summed E-state index contributed by atoms with van der Waals surface area (Å²) in [6.07, 6.45) is 7.73. The molecule has 1 aromatic carbocycles. The van der Waals surface area contributed by atoms with Gasteiger partial charge in [0.1, 0.15) is 0 Å². The number of likely N-dealkylation sites (tertiary alicyclic amines) is 1. The minimum absolute atomic E-state index is 0.144. The van der Waals surface area contributed by atoms with E-state index < -0.39 is 0 Å². The van der Waals surface area contributed by atoms with Crippen molar-refractivity contribution >= 4 is 22.8 Å².